The van der Waals surface area contributed by atoms with E-state index in [-0.39, 0.29) is 23.0 Å². The number of carbonyl (C=O) groups is 1. The molecule has 0 fully saturated rings. The van der Waals surface area contributed by atoms with Gasteiger partial charge < -0.3 is 10.6 Å². The first-order valence-electron chi connectivity index (χ1n) is 10.7. The highest BCUT2D eigenvalue weighted by Gasteiger charge is 2.48. The molecule has 0 aromatic carbocycles. The third-order valence-electron chi connectivity index (χ3n) is 6.25. The van der Waals surface area contributed by atoms with Crippen molar-refractivity contribution in [3.05, 3.63) is 49.1 Å². The number of halogens is 4. The smallest absolute Gasteiger partial charge is 0.361 e. The molecular weight excluding hydrogens is 507 g/mol. The summed E-state index contributed by atoms with van der Waals surface area (Å²) in [5, 5.41) is 21.3. The Balaban J connectivity index is 1.49. The van der Waals surface area contributed by atoms with Crippen LogP contribution in [-0.2, 0) is 12.8 Å². The van der Waals surface area contributed by atoms with Crippen LogP contribution in [-0.4, -0.2) is 21.9 Å². The van der Waals surface area contributed by atoms with E-state index >= 15 is 0 Å². The number of hydrogen-bond acceptors (Lipinski definition) is 6. The topological polar surface area (TPSA) is 82.7 Å². The quantitative estimate of drug-likeness (QED) is 0.405. The lowest BCUT2D eigenvalue weighted by Gasteiger charge is -2.32. The minimum Gasteiger partial charge on any atom is -0.361 e. The molecule has 2 N–H and O–H groups in total. The molecule has 3 aromatic rings. The maximum Gasteiger partial charge on any atom is 0.410 e. The number of amides is 1. The Morgan fingerprint density at radius 2 is 2.24 bits per heavy atom. The van der Waals surface area contributed by atoms with Gasteiger partial charge in [0, 0.05) is 16.2 Å². The zero-order chi connectivity index (χ0) is 24.2. The summed E-state index contributed by atoms with van der Waals surface area (Å²) in [6, 6.07) is 3.15. The second-order valence-corrected chi connectivity index (χ2v) is 11.0. The summed E-state index contributed by atoms with van der Waals surface area (Å²) in [5.41, 5.74) is 1.03. The summed E-state index contributed by atoms with van der Waals surface area (Å²) in [7, 11) is 0. The first-order valence-corrected chi connectivity index (χ1v) is 12.8. The number of carbonyl (C=O) groups excluding carboxylic acids is 1. The van der Waals surface area contributed by atoms with Crippen LogP contribution in [0.5, 0.6) is 0 Å². The Morgan fingerprint density at radius 3 is 2.91 bits per heavy atom. The van der Waals surface area contributed by atoms with Gasteiger partial charge in [-0.05, 0) is 42.2 Å². The van der Waals surface area contributed by atoms with Gasteiger partial charge in [-0.25, -0.2) is 4.68 Å². The summed E-state index contributed by atoms with van der Waals surface area (Å²) in [4.78, 5) is 14.9. The molecule has 1 unspecified atom stereocenters. The van der Waals surface area contributed by atoms with E-state index in [1.165, 1.54) is 22.7 Å². The molecular formula is C22H19ClF3N5OS2. The van der Waals surface area contributed by atoms with Gasteiger partial charge in [0.2, 0.25) is 0 Å². The lowest BCUT2D eigenvalue weighted by Crippen LogP contribution is -2.35. The SMILES string of the molecule is CC1CCc2c(sc(NC(=O)c3nn4c(c3Cl)N[C@@H](c3cccs3)C[C@H]4C(F)(F)F)c2C#N)C1. The Kier molecular flexibility index (Phi) is 5.86. The minimum atomic E-state index is -4.58. The number of nitrogens with one attached hydrogen (secondary N) is 2. The fourth-order valence-corrected chi connectivity index (χ4v) is 6.94. The average molecular weight is 526 g/mol. The van der Waals surface area contributed by atoms with Gasteiger partial charge >= 0.3 is 6.18 Å². The van der Waals surface area contributed by atoms with Crippen molar-refractivity contribution in [2.24, 2.45) is 5.92 Å². The molecule has 0 spiro atoms. The molecule has 0 saturated carbocycles. The number of thiophene rings is 2. The summed E-state index contributed by atoms with van der Waals surface area (Å²) in [6.07, 6.45) is -2.31. The van der Waals surface area contributed by atoms with Crippen molar-refractivity contribution in [1.29, 1.82) is 5.26 Å². The molecule has 2 aliphatic rings. The van der Waals surface area contributed by atoms with Crippen LogP contribution in [0.3, 0.4) is 0 Å². The number of anilines is 2. The highest BCUT2D eigenvalue weighted by molar-refractivity contribution is 7.16. The largest absolute Gasteiger partial charge is 0.410 e. The van der Waals surface area contributed by atoms with Crippen LogP contribution < -0.4 is 10.6 Å². The zero-order valence-corrected chi connectivity index (χ0v) is 20.3. The van der Waals surface area contributed by atoms with E-state index in [1.807, 2.05) is 0 Å². The van der Waals surface area contributed by atoms with Gasteiger partial charge in [-0.3, -0.25) is 4.79 Å². The predicted molar refractivity (Wildman–Crippen MR) is 126 cm³/mol. The number of nitriles is 1. The van der Waals surface area contributed by atoms with E-state index < -0.39 is 24.2 Å². The number of aromatic nitrogens is 2. The van der Waals surface area contributed by atoms with Crippen LogP contribution in [0.2, 0.25) is 5.02 Å². The third kappa shape index (κ3) is 3.97. The highest BCUT2D eigenvalue weighted by Crippen LogP contribution is 2.47. The molecule has 4 heterocycles. The Morgan fingerprint density at radius 1 is 1.44 bits per heavy atom. The molecule has 12 heteroatoms. The lowest BCUT2D eigenvalue weighted by atomic mass is 9.89. The van der Waals surface area contributed by atoms with E-state index in [0.29, 0.717) is 16.5 Å². The average Bonchev–Trinajstić information content (AvgIpc) is 3.50. The number of alkyl halides is 3. The van der Waals surface area contributed by atoms with Gasteiger partial charge in [0.15, 0.2) is 11.7 Å². The van der Waals surface area contributed by atoms with E-state index in [2.05, 4.69) is 28.7 Å². The number of nitrogens with zero attached hydrogens (tertiary/aromatic N) is 3. The van der Waals surface area contributed by atoms with Crippen LogP contribution in [0.4, 0.5) is 24.0 Å². The van der Waals surface area contributed by atoms with Gasteiger partial charge in [0.05, 0.1) is 11.6 Å². The Bertz CT molecular complexity index is 1290. The molecule has 0 radical (unpaired) electrons. The molecule has 34 heavy (non-hydrogen) atoms. The molecule has 178 valence electrons. The number of rotatable bonds is 3. The third-order valence-corrected chi connectivity index (χ3v) is 8.76. The van der Waals surface area contributed by atoms with E-state index in [9.17, 15) is 23.2 Å². The molecule has 5 rings (SSSR count). The molecule has 1 amide bonds. The first kappa shape index (κ1) is 23.2. The zero-order valence-electron chi connectivity index (χ0n) is 17.9. The van der Waals surface area contributed by atoms with Gasteiger partial charge in [-0.1, -0.05) is 24.6 Å². The van der Waals surface area contributed by atoms with Crippen molar-refractivity contribution in [3.8, 4) is 6.07 Å². The summed E-state index contributed by atoms with van der Waals surface area (Å²) >= 11 is 9.08. The predicted octanol–water partition coefficient (Wildman–Crippen LogP) is 6.57. The van der Waals surface area contributed by atoms with Crippen molar-refractivity contribution in [1.82, 2.24) is 9.78 Å². The second-order valence-electron chi connectivity index (χ2n) is 8.58. The van der Waals surface area contributed by atoms with Crippen molar-refractivity contribution < 1.29 is 18.0 Å². The fourth-order valence-electron chi connectivity index (χ4n) is 4.53. The molecule has 6 nitrogen and oxygen atoms in total. The van der Waals surface area contributed by atoms with Gasteiger partial charge in [-0.2, -0.15) is 23.5 Å². The molecule has 0 bridgehead atoms. The first-order chi connectivity index (χ1) is 16.2. The van der Waals surface area contributed by atoms with Crippen LogP contribution in [0.15, 0.2) is 17.5 Å². The minimum absolute atomic E-state index is 0.0430. The maximum absolute atomic E-state index is 13.9. The van der Waals surface area contributed by atoms with E-state index in [4.69, 9.17) is 11.6 Å². The van der Waals surface area contributed by atoms with Crippen molar-refractivity contribution in [2.45, 2.75) is 50.9 Å². The van der Waals surface area contributed by atoms with Crippen molar-refractivity contribution in [3.63, 3.8) is 0 Å². The van der Waals surface area contributed by atoms with Crippen molar-refractivity contribution in [2.75, 3.05) is 10.6 Å². The Hall–Kier alpha value is -2.55. The number of fused-ring (bicyclic) bond motifs is 2. The normalized spacial score (nSPS) is 21.8. The monoisotopic (exact) mass is 525 g/mol. The lowest BCUT2D eigenvalue weighted by molar-refractivity contribution is -0.173. The Labute approximate surface area is 206 Å². The van der Waals surface area contributed by atoms with Crippen molar-refractivity contribution >= 4 is 51.0 Å². The molecule has 1 aliphatic carbocycles. The summed E-state index contributed by atoms with van der Waals surface area (Å²) < 4.78 is 42.5. The maximum atomic E-state index is 13.9. The van der Waals surface area contributed by atoms with Crippen LogP contribution in [0.25, 0.3) is 0 Å². The van der Waals surface area contributed by atoms with E-state index in [0.717, 1.165) is 39.3 Å². The van der Waals surface area contributed by atoms with Crippen LogP contribution >= 0.6 is 34.3 Å². The molecule has 3 aromatic heterocycles. The standard InChI is InChI=1S/C22H19ClF3N5OS2/c1-10-4-5-11-12(9-27)21(34-15(11)7-10)29-20(32)18-17(23)19-28-13(14-3-2-6-33-14)8-16(22(24,25)26)31(19)30-18/h2-3,6,10,13,16,28H,4-5,7-8H2,1H3,(H,29,32)/t10?,13-,16+/m1/s1. The molecule has 1 aliphatic heterocycles. The van der Waals surface area contributed by atoms with Gasteiger partial charge in [0.1, 0.15) is 21.9 Å². The molecule has 3 atom stereocenters. The number of hydrogen-bond donors (Lipinski definition) is 2. The van der Waals surface area contributed by atoms with Crippen LogP contribution in [0, 0.1) is 17.2 Å². The fraction of sp³-hybridized carbons (Fsp3) is 0.409. The van der Waals surface area contributed by atoms with Crippen LogP contribution in [0.1, 0.15) is 63.2 Å². The van der Waals surface area contributed by atoms with Gasteiger partial charge in [0.25, 0.3) is 5.91 Å². The van der Waals surface area contributed by atoms with Gasteiger partial charge in [-0.15, -0.1) is 22.7 Å². The second kappa shape index (κ2) is 8.59. The highest BCUT2D eigenvalue weighted by atomic mass is 35.5. The summed E-state index contributed by atoms with van der Waals surface area (Å²) in [5.74, 6) is -0.304. The summed E-state index contributed by atoms with van der Waals surface area (Å²) in [6.45, 7) is 2.13. The van der Waals surface area contributed by atoms with E-state index in [1.54, 1.807) is 17.5 Å². The molecule has 0 saturated heterocycles.